The molecule has 0 radical (unpaired) electrons. The van der Waals surface area contributed by atoms with Crippen molar-refractivity contribution in [2.24, 2.45) is 0 Å². The Morgan fingerprint density at radius 2 is 2.18 bits per heavy atom. The molecule has 0 nitrogen and oxygen atoms in total. The lowest BCUT2D eigenvalue weighted by Gasteiger charge is -1.96. The van der Waals surface area contributed by atoms with Gasteiger partial charge in [0.05, 0.1) is 0 Å². The Balaban J connectivity index is 2.55. The van der Waals surface area contributed by atoms with Crippen LogP contribution in [0.2, 0.25) is 0 Å². The summed E-state index contributed by atoms with van der Waals surface area (Å²) in [6, 6.07) is 0. The summed E-state index contributed by atoms with van der Waals surface area (Å²) in [7, 11) is 0. The summed E-state index contributed by atoms with van der Waals surface area (Å²) in [5, 5.41) is 0. The van der Waals surface area contributed by atoms with E-state index in [1.807, 2.05) is 0 Å². The van der Waals surface area contributed by atoms with Crippen molar-refractivity contribution >= 4 is 0 Å². The monoisotopic (exact) mass is 146 g/mol. The summed E-state index contributed by atoms with van der Waals surface area (Å²) in [6.45, 7) is 0. The summed E-state index contributed by atoms with van der Waals surface area (Å²) in [4.78, 5) is 0. The molecule has 0 bridgehead atoms. The highest BCUT2D eigenvalue weighted by Gasteiger charge is 1.94. The van der Waals surface area contributed by atoms with Crippen LogP contribution >= 0.6 is 0 Å². The van der Waals surface area contributed by atoms with Gasteiger partial charge in [0.2, 0.25) is 0 Å². The molecule has 58 valence electrons. The maximum Gasteiger partial charge on any atom is 0.00175 e. The summed E-state index contributed by atoms with van der Waals surface area (Å²) in [5.41, 5.74) is 1.14. The van der Waals surface area contributed by atoms with Crippen LogP contribution in [-0.2, 0) is 0 Å². The summed E-state index contributed by atoms with van der Waals surface area (Å²) in [5.74, 6) is 2.71. The van der Waals surface area contributed by atoms with Crippen LogP contribution in [0, 0.1) is 12.3 Å². The molecule has 0 amide bonds. The van der Waals surface area contributed by atoms with Gasteiger partial charge in [-0.05, 0) is 25.7 Å². The van der Waals surface area contributed by atoms with E-state index in [9.17, 15) is 0 Å². The topological polar surface area (TPSA) is 0 Å². The first-order valence-corrected chi connectivity index (χ1v) is 4.26. The van der Waals surface area contributed by atoms with Crippen LogP contribution in [0.15, 0.2) is 23.8 Å². The summed E-state index contributed by atoms with van der Waals surface area (Å²) < 4.78 is 0. The average molecular weight is 146 g/mol. The van der Waals surface area contributed by atoms with Crippen LogP contribution in [0.25, 0.3) is 0 Å². The molecule has 0 heteroatoms. The molecule has 0 heterocycles. The number of terminal acetylenes is 1. The molecule has 1 aliphatic rings. The van der Waals surface area contributed by atoms with Crippen molar-refractivity contribution in [3.63, 3.8) is 0 Å². The molecule has 0 aliphatic heterocycles. The Morgan fingerprint density at radius 3 is 3.00 bits per heavy atom. The Bertz CT molecular complexity index is 201. The Morgan fingerprint density at radius 1 is 1.27 bits per heavy atom. The van der Waals surface area contributed by atoms with Gasteiger partial charge in [0.25, 0.3) is 0 Å². The SMILES string of the molecule is C#CC1=CC=CCCCCC1. The standard InChI is InChI=1S/C11H14/c1-2-11-9-7-5-3-4-6-8-10-11/h1,5,7,9H,3-4,6,8,10H2. The van der Waals surface area contributed by atoms with E-state index in [1.165, 1.54) is 25.7 Å². The Hall–Kier alpha value is -0.960. The molecule has 0 unspecified atom stereocenters. The second-order valence-electron chi connectivity index (χ2n) is 2.86. The van der Waals surface area contributed by atoms with E-state index in [-0.39, 0.29) is 0 Å². The van der Waals surface area contributed by atoms with E-state index in [2.05, 4.69) is 24.1 Å². The van der Waals surface area contributed by atoms with Gasteiger partial charge in [0.1, 0.15) is 0 Å². The van der Waals surface area contributed by atoms with Gasteiger partial charge in [-0.15, -0.1) is 6.42 Å². The highest BCUT2D eigenvalue weighted by molar-refractivity contribution is 5.29. The van der Waals surface area contributed by atoms with Crippen LogP contribution < -0.4 is 0 Å². The molecule has 0 N–H and O–H groups in total. The van der Waals surface area contributed by atoms with Gasteiger partial charge in [-0.1, -0.05) is 30.6 Å². The van der Waals surface area contributed by atoms with Gasteiger partial charge in [-0.25, -0.2) is 0 Å². The first-order chi connectivity index (χ1) is 5.43. The largest absolute Gasteiger partial charge is 0.115 e. The normalized spacial score (nSPS) is 19.0. The molecular weight excluding hydrogens is 132 g/mol. The molecule has 0 spiro atoms. The van der Waals surface area contributed by atoms with Gasteiger partial charge in [0.15, 0.2) is 0 Å². The summed E-state index contributed by atoms with van der Waals surface area (Å²) >= 11 is 0. The van der Waals surface area contributed by atoms with Crippen LogP contribution in [-0.4, -0.2) is 0 Å². The Labute approximate surface area is 69.0 Å². The first kappa shape index (κ1) is 8.14. The lowest BCUT2D eigenvalue weighted by atomic mass is 10.1. The minimum atomic E-state index is 1.08. The molecule has 0 aromatic heterocycles. The highest BCUT2D eigenvalue weighted by atomic mass is 14.0. The number of hydrogen-bond acceptors (Lipinski definition) is 0. The molecule has 0 aromatic rings. The molecule has 0 atom stereocenters. The van der Waals surface area contributed by atoms with E-state index in [0.717, 1.165) is 12.0 Å². The zero-order valence-corrected chi connectivity index (χ0v) is 6.84. The lowest BCUT2D eigenvalue weighted by Crippen LogP contribution is -1.79. The third kappa shape index (κ3) is 3.09. The second-order valence-corrected chi connectivity index (χ2v) is 2.86. The van der Waals surface area contributed by atoms with Crippen LogP contribution in [0.1, 0.15) is 32.1 Å². The van der Waals surface area contributed by atoms with Crippen LogP contribution in [0.5, 0.6) is 0 Å². The molecule has 1 rings (SSSR count). The summed E-state index contributed by atoms with van der Waals surface area (Å²) in [6.07, 6.45) is 17.8. The minimum Gasteiger partial charge on any atom is -0.115 e. The van der Waals surface area contributed by atoms with Crippen molar-refractivity contribution in [3.05, 3.63) is 23.8 Å². The molecule has 0 fully saturated rings. The smallest absolute Gasteiger partial charge is 0.00175 e. The van der Waals surface area contributed by atoms with Gasteiger partial charge < -0.3 is 0 Å². The van der Waals surface area contributed by atoms with Crippen LogP contribution in [0.4, 0.5) is 0 Å². The average Bonchev–Trinajstić information content (AvgIpc) is 2.16. The number of rotatable bonds is 0. The quantitative estimate of drug-likeness (QED) is 0.461. The van der Waals surface area contributed by atoms with E-state index < -0.39 is 0 Å². The van der Waals surface area contributed by atoms with Crippen molar-refractivity contribution < 1.29 is 0 Å². The first-order valence-electron chi connectivity index (χ1n) is 4.26. The Kier molecular flexibility index (Phi) is 3.55. The zero-order chi connectivity index (χ0) is 7.94. The maximum absolute atomic E-state index is 5.32. The number of hydrogen-bond donors (Lipinski definition) is 0. The van der Waals surface area contributed by atoms with E-state index in [1.54, 1.807) is 0 Å². The third-order valence-electron chi connectivity index (χ3n) is 1.94. The predicted octanol–water partition coefficient (Wildman–Crippen LogP) is 3.07. The van der Waals surface area contributed by atoms with Crippen molar-refractivity contribution in [2.45, 2.75) is 32.1 Å². The molecule has 0 aromatic carbocycles. The molecule has 0 saturated heterocycles. The van der Waals surface area contributed by atoms with E-state index in [4.69, 9.17) is 6.42 Å². The van der Waals surface area contributed by atoms with Gasteiger partial charge in [-0.3, -0.25) is 0 Å². The van der Waals surface area contributed by atoms with Gasteiger partial charge >= 0.3 is 0 Å². The highest BCUT2D eigenvalue weighted by Crippen LogP contribution is 2.12. The van der Waals surface area contributed by atoms with Gasteiger partial charge in [0, 0.05) is 5.57 Å². The molecular formula is C11H14. The molecule has 1 aliphatic carbocycles. The molecule has 0 saturated carbocycles. The fourth-order valence-electron chi connectivity index (χ4n) is 1.24. The third-order valence-corrected chi connectivity index (χ3v) is 1.94. The van der Waals surface area contributed by atoms with Crippen LogP contribution in [0.3, 0.4) is 0 Å². The molecule has 11 heavy (non-hydrogen) atoms. The van der Waals surface area contributed by atoms with E-state index >= 15 is 0 Å². The lowest BCUT2D eigenvalue weighted by molar-refractivity contribution is 0.692. The second kappa shape index (κ2) is 4.79. The van der Waals surface area contributed by atoms with Crippen molar-refractivity contribution in [1.29, 1.82) is 0 Å². The van der Waals surface area contributed by atoms with Crippen molar-refractivity contribution in [3.8, 4) is 12.3 Å². The predicted molar refractivity (Wildman–Crippen MR) is 49.1 cm³/mol. The number of allylic oxidation sites excluding steroid dienone is 4. The fraction of sp³-hybridized carbons (Fsp3) is 0.455. The van der Waals surface area contributed by atoms with E-state index in [0.29, 0.717) is 0 Å². The maximum atomic E-state index is 5.32. The minimum absolute atomic E-state index is 1.08. The van der Waals surface area contributed by atoms with Crippen molar-refractivity contribution in [2.75, 3.05) is 0 Å². The van der Waals surface area contributed by atoms with Gasteiger partial charge in [-0.2, -0.15) is 0 Å². The zero-order valence-electron chi connectivity index (χ0n) is 6.84. The fourth-order valence-corrected chi connectivity index (χ4v) is 1.24. The van der Waals surface area contributed by atoms with Crippen molar-refractivity contribution in [1.82, 2.24) is 0 Å².